The van der Waals surface area contributed by atoms with Crippen LogP contribution in [0.3, 0.4) is 0 Å². The first kappa shape index (κ1) is 13.1. The molecular weight excluding hydrogens is 438 g/mol. The highest BCUT2D eigenvalue weighted by atomic mass is 79.9. The van der Waals surface area contributed by atoms with Gasteiger partial charge in [0.05, 0.1) is 5.52 Å². The third kappa shape index (κ3) is 2.70. The highest BCUT2D eigenvalue weighted by Gasteiger charge is 2.11. The number of halogens is 3. The molecule has 0 unspecified atom stereocenters. The van der Waals surface area contributed by atoms with Crippen LogP contribution >= 0.6 is 47.8 Å². The molecule has 0 fully saturated rings. The van der Waals surface area contributed by atoms with Gasteiger partial charge >= 0.3 is 0 Å². The van der Waals surface area contributed by atoms with Crippen LogP contribution in [0.15, 0.2) is 50.1 Å². The maximum absolute atomic E-state index is 4.61. The minimum Gasteiger partial charge on any atom is -0.243 e. The van der Waals surface area contributed by atoms with Crippen molar-refractivity contribution in [1.82, 2.24) is 15.0 Å². The third-order valence-electron chi connectivity index (χ3n) is 2.55. The molecule has 0 bridgehead atoms. The molecule has 0 atom stereocenters. The van der Waals surface area contributed by atoms with Crippen molar-refractivity contribution in [3.8, 4) is 11.5 Å². The summed E-state index contributed by atoms with van der Waals surface area (Å²) in [6, 6.07) is 11.8. The molecule has 0 aliphatic rings. The summed E-state index contributed by atoms with van der Waals surface area (Å²) in [4.78, 5) is 13.3. The highest BCUT2D eigenvalue weighted by molar-refractivity contribution is 9.11. The number of rotatable bonds is 1. The van der Waals surface area contributed by atoms with Gasteiger partial charge in [-0.1, -0.05) is 18.2 Å². The number of aromatic nitrogens is 3. The monoisotopic (exact) mass is 441 g/mol. The second-order valence-electron chi connectivity index (χ2n) is 3.85. The summed E-state index contributed by atoms with van der Waals surface area (Å²) < 4.78 is 2.30. The van der Waals surface area contributed by atoms with Gasteiger partial charge < -0.3 is 0 Å². The predicted octanol–water partition coefficient (Wildman–Crippen LogP) is 4.98. The standard InChI is InChI=1S/C13H6Br3N3/c14-8-5-7-3-1-2-4-9(7)17-12(8)13-18-10(15)6-11(16)19-13/h1-6H. The lowest BCUT2D eigenvalue weighted by atomic mass is 10.2. The average molecular weight is 444 g/mol. The zero-order chi connectivity index (χ0) is 13.4. The van der Waals surface area contributed by atoms with Crippen molar-refractivity contribution in [2.24, 2.45) is 0 Å². The topological polar surface area (TPSA) is 38.7 Å². The fourth-order valence-electron chi connectivity index (χ4n) is 1.74. The van der Waals surface area contributed by atoms with Gasteiger partial charge in [-0.3, -0.25) is 0 Å². The van der Waals surface area contributed by atoms with Crippen LogP contribution in [0.5, 0.6) is 0 Å². The van der Waals surface area contributed by atoms with Crippen molar-refractivity contribution < 1.29 is 0 Å². The first-order valence-corrected chi connectivity index (χ1v) is 7.77. The number of pyridine rings is 1. The van der Waals surface area contributed by atoms with Crippen LogP contribution in [-0.4, -0.2) is 15.0 Å². The Balaban J connectivity index is 2.26. The molecule has 0 saturated carbocycles. The summed E-state index contributed by atoms with van der Waals surface area (Å²) in [5, 5.41) is 1.08. The first-order valence-electron chi connectivity index (χ1n) is 5.39. The van der Waals surface area contributed by atoms with Crippen molar-refractivity contribution in [2.45, 2.75) is 0 Å². The molecule has 2 aromatic heterocycles. The fourth-order valence-corrected chi connectivity index (χ4v) is 3.33. The lowest BCUT2D eigenvalue weighted by Gasteiger charge is -2.06. The quantitative estimate of drug-likeness (QED) is 0.498. The van der Waals surface area contributed by atoms with E-state index in [1.54, 1.807) is 6.07 Å². The molecule has 0 radical (unpaired) electrons. The number of hydrogen-bond acceptors (Lipinski definition) is 3. The molecule has 94 valence electrons. The van der Waals surface area contributed by atoms with E-state index in [0.29, 0.717) is 15.0 Å². The summed E-state index contributed by atoms with van der Waals surface area (Å²) in [6.45, 7) is 0. The molecule has 0 saturated heterocycles. The molecule has 0 aliphatic carbocycles. The van der Waals surface area contributed by atoms with E-state index in [1.165, 1.54) is 0 Å². The van der Waals surface area contributed by atoms with Crippen LogP contribution in [0, 0.1) is 0 Å². The zero-order valence-corrected chi connectivity index (χ0v) is 14.2. The normalized spacial score (nSPS) is 10.9. The molecule has 2 heterocycles. The Morgan fingerprint density at radius 1 is 0.789 bits per heavy atom. The highest BCUT2D eigenvalue weighted by Crippen LogP contribution is 2.29. The Morgan fingerprint density at radius 3 is 2.21 bits per heavy atom. The zero-order valence-electron chi connectivity index (χ0n) is 9.44. The van der Waals surface area contributed by atoms with E-state index in [-0.39, 0.29) is 0 Å². The minimum atomic E-state index is 0.568. The fraction of sp³-hybridized carbons (Fsp3) is 0. The molecule has 0 spiro atoms. The van der Waals surface area contributed by atoms with Gasteiger partial charge in [0, 0.05) is 15.9 Å². The number of fused-ring (bicyclic) bond motifs is 1. The Morgan fingerprint density at radius 2 is 1.47 bits per heavy atom. The van der Waals surface area contributed by atoms with E-state index in [0.717, 1.165) is 21.1 Å². The van der Waals surface area contributed by atoms with Crippen molar-refractivity contribution in [3.63, 3.8) is 0 Å². The van der Waals surface area contributed by atoms with Gasteiger partial charge in [-0.15, -0.1) is 0 Å². The summed E-state index contributed by atoms with van der Waals surface area (Å²) in [5.41, 5.74) is 1.64. The van der Waals surface area contributed by atoms with Gasteiger partial charge in [-0.05, 0) is 59.9 Å². The molecule has 0 N–H and O–H groups in total. The lowest BCUT2D eigenvalue weighted by Crippen LogP contribution is -1.95. The molecular formula is C13H6Br3N3. The third-order valence-corrected chi connectivity index (χ3v) is 3.97. The summed E-state index contributed by atoms with van der Waals surface area (Å²) in [5.74, 6) is 0.568. The Hall–Kier alpha value is -0.850. The van der Waals surface area contributed by atoms with E-state index in [4.69, 9.17) is 0 Å². The van der Waals surface area contributed by atoms with Crippen LogP contribution in [0.4, 0.5) is 0 Å². The largest absolute Gasteiger partial charge is 0.243 e. The summed E-state index contributed by atoms with van der Waals surface area (Å²) in [6.07, 6.45) is 0. The Bertz CT molecular complexity index is 754. The Labute approximate surface area is 134 Å². The van der Waals surface area contributed by atoms with E-state index in [9.17, 15) is 0 Å². The molecule has 6 heteroatoms. The van der Waals surface area contributed by atoms with Gasteiger partial charge in [-0.2, -0.15) is 0 Å². The van der Waals surface area contributed by atoms with Crippen LogP contribution < -0.4 is 0 Å². The van der Waals surface area contributed by atoms with Crippen LogP contribution in [0.25, 0.3) is 22.4 Å². The van der Waals surface area contributed by atoms with E-state index in [1.807, 2.05) is 30.3 Å². The Kier molecular flexibility index (Phi) is 3.64. The van der Waals surface area contributed by atoms with Crippen molar-refractivity contribution >= 4 is 58.7 Å². The molecule has 0 amide bonds. The summed E-state index contributed by atoms with van der Waals surface area (Å²) in [7, 11) is 0. The molecule has 3 nitrogen and oxygen atoms in total. The van der Waals surface area contributed by atoms with Gasteiger partial charge in [-0.25, -0.2) is 15.0 Å². The average Bonchev–Trinajstić information content (AvgIpc) is 2.36. The van der Waals surface area contributed by atoms with Crippen LogP contribution in [-0.2, 0) is 0 Å². The number of benzene rings is 1. The second-order valence-corrected chi connectivity index (χ2v) is 6.33. The van der Waals surface area contributed by atoms with E-state index >= 15 is 0 Å². The van der Waals surface area contributed by atoms with Crippen LogP contribution in [0.2, 0.25) is 0 Å². The molecule has 3 rings (SSSR count). The minimum absolute atomic E-state index is 0.568. The summed E-state index contributed by atoms with van der Waals surface area (Å²) >= 11 is 10.3. The van der Waals surface area contributed by atoms with Crippen LogP contribution in [0.1, 0.15) is 0 Å². The molecule has 0 aliphatic heterocycles. The number of nitrogens with zero attached hydrogens (tertiary/aromatic N) is 3. The smallest absolute Gasteiger partial charge is 0.181 e. The molecule has 19 heavy (non-hydrogen) atoms. The van der Waals surface area contributed by atoms with Crippen molar-refractivity contribution in [2.75, 3.05) is 0 Å². The molecule has 3 aromatic rings. The van der Waals surface area contributed by atoms with Gasteiger partial charge in [0.25, 0.3) is 0 Å². The first-order chi connectivity index (χ1) is 9.13. The second kappa shape index (κ2) is 5.26. The van der Waals surface area contributed by atoms with Gasteiger partial charge in [0.1, 0.15) is 14.9 Å². The maximum atomic E-state index is 4.61. The number of hydrogen-bond donors (Lipinski definition) is 0. The van der Waals surface area contributed by atoms with E-state index in [2.05, 4.69) is 62.7 Å². The maximum Gasteiger partial charge on any atom is 0.181 e. The van der Waals surface area contributed by atoms with Crippen molar-refractivity contribution in [1.29, 1.82) is 0 Å². The predicted molar refractivity (Wildman–Crippen MR) is 85.9 cm³/mol. The lowest BCUT2D eigenvalue weighted by molar-refractivity contribution is 1.10. The van der Waals surface area contributed by atoms with Gasteiger partial charge in [0.2, 0.25) is 0 Å². The molecule has 1 aromatic carbocycles. The number of para-hydroxylation sites is 1. The van der Waals surface area contributed by atoms with Crippen molar-refractivity contribution in [3.05, 3.63) is 50.1 Å². The van der Waals surface area contributed by atoms with Gasteiger partial charge in [0.15, 0.2) is 5.82 Å². The van der Waals surface area contributed by atoms with E-state index < -0.39 is 0 Å². The SMILES string of the molecule is Brc1cc(Br)nc(-c2nc3ccccc3cc2Br)n1.